The zero-order valence-electron chi connectivity index (χ0n) is 15.2. The molecule has 0 bridgehead atoms. The van der Waals surface area contributed by atoms with Crippen LogP contribution in [0.4, 0.5) is 5.69 Å². The van der Waals surface area contributed by atoms with E-state index < -0.39 is 14.9 Å². The van der Waals surface area contributed by atoms with E-state index in [1.165, 1.54) is 24.3 Å². The summed E-state index contributed by atoms with van der Waals surface area (Å²) in [7, 11) is -3.73. The van der Waals surface area contributed by atoms with Crippen LogP contribution < -0.4 is 10.0 Å². The number of nitro groups is 1. The third-order valence-corrected chi connectivity index (χ3v) is 6.67. The van der Waals surface area contributed by atoms with Gasteiger partial charge in [0, 0.05) is 29.2 Å². The van der Waals surface area contributed by atoms with E-state index in [1.54, 1.807) is 0 Å². The zero-order valence-corrected chi connectivity index (χ0v) is 16.7. The average molecular weight is 424 g/mol. The predicted octanol–water partition coefficient (Wildman–Crippen LogP) is 3.28. The molecular weight excluding hydrogens is 402 g/mol. The third-order valence-electron chi connectivity index (χ3n) is 4.91. The molecule has 7 nitrogen and oxygen atoms in total. The maximum Gasteiger partial charge on any atom is 0.269 e. The molecule has 2 aromatic rings. The van der Waals surface area contributed by atoms with E-state index >= 15 is 0 Å². The summed E-state index contributed by atoms with van der Waals surface area (Å²) < 4.78 is 28.0. The first-order valence-electron chi connectivity index (χ1n) is 9.10. The molecule has 0 spiro atoms. The van der Waals surface area contributed by atoms with Crippen LogP contribution in [0.3, 0.4) is 0 Å². The van der Waals surface area contributed by atoms with Gasteiger partial charge in [0.05, 0.1) is 9.82 Å². The normalized spacial score (nSPS) is 19.6. The molecule has 1 aliphatic rings. The quantitative estimate of drug-likeness (QED) is 0.501. The van der Waals surface area contributed by atoms with E-state index in [-0.39, 0.29) is 22.7 Å². The number of nitrogens with zero attached hydrogens (tertiary/aromatic N) is 1. The number of non-ortho nitro benzene ring substituents is 1. The number of hydrogen-bond donors (Lipinski definition) is 2. The average Bonchev–Trinajstić information content (AvgIpc) is 3.09. The van der Waals surface area contributed by atoms with E-state index in [4.69, 9.17) is 11.6 Å². The Labute approximate surface area is 169 Å². The standard InChI is InChI=1S/C19H22ClN3O4S/c20-15-6-4-14(5-7-15)12-13-21-18-2-1-3-19(18)22-28(26,27)17-10-8-16(9-11-17)23(24)25/h4-11,18-19,21-22H,1-3,12-13H2/t18-,19-/m1/s1. The fraction of sp³-hybridized carbons (Fsp3) is 0.368. The fourth-order valence-corrected chi connectivity index (χ4v) is 4.85. The molecule has 2 N–H and O–H groups in total. The van der Waals surface area contributed by atoms with Crippen molar-refractivity contribution < 1.29 is 13.3 Å². The van der Waals surface area contributed by atoms with Crippen molar-refractivity contribution in [3.63, 3.8) is 0 Å². The Morgan fingerprint density at radius 2 is 1.68 bits per heavy atom. The van der Waals surface area contributed by atoms with Crippen molar-refractivity contribution >= 4 is 27.3 Å². The lowest BCUT2D eigenvalue weighted by Gasteiger charge is -2.22. The molecule has 2 atom stereocenters. The van der Waals surface area contributed by atoms with Gasteiger partial charge in [-0.25, -0.2) is 13.1 Å². The van der Waals surface area contributed by atoms with Crippen molar-refractivity contribution in [1.29, 1.82) is 0 Å². The van der Waals surface area contributed by atoms with Crippen LogP contribution in [0.25, 0.3) is 0 Å². The number of benzene rings is 2. The summed E-state index contributed by atoms with van der Waals surface area (Å²) in [5.74, 6) is 0. The van der Waals surface area contributed by atoms with E-state index in [2.05, 4.69) is 10.0 Å². The highest BCUT2D eigenvalue weighted by atomic mass is 35.5. The van der Waals surface area contributed by atoms with Crippen LogP contribution in [0.5, 0.6) is 0 Å². The maximum atomic E-state index is 12.6. The summed E-state index contributed by atoms with van der Waals surface area (Å²) in [5, 5.41) is 14.9. The molecule has 0 aromatic heterocycles. The van der Waals surface area contributed by atoms with Gasteiger partial charge >= 0.3 is 0 Å². The first-order chi connectivity index (χ1) is 13.3. The van der Waals surface area contributed by atoms with Gasteiger partial charge in [0.25, 0.3) is 5.69 Å². The summed E-state index contributed by atoms with van der Waals surface area (Å²) in [4.78, 5) is 10.2. The minimum Gasteiger partial charge on any atom is -0.312 e. The smallest absolute Gasteiger partial charge is 0.269 e. The van der Waals surface area contributed by atoms with Gasteiger partial charge in [0.15, 0.2) is 0 Å². The van der Waals surface area contributed by atoms with Crippen LogP contribution in [0.1, 0.15) is 24.8 Å². The Kier molecular flexibility index (Phi) is 6.66. The monoisotopic (exact) mass is 423 g/mol. The molecule has 150 valence electrons. The number of halogens is 1. The van der Waals surface area contributed by atoms with Gasteiger partial charge in [-0.2, -0.15) is 0 Å². The van der Waals surface area contributed by atoms with Gasteiger partial charge in [0.2, 0.25) is 10.0 Å². The van der Waals surface area contributed by atoms with Crippen LogP contribution in [-0.2, 0) is 16.4 Å². The molecule has 1 aliphatic carbocycles. The van der Waals surface area contributed by atoms with Crippen molar-refractivity contribution in [2.75, 3.05) is 6.54 Å². The second-order valence-corrected chi connectivity index (χ2v) is 9.00. The van der Waals surface area contributed by atoms with Crippen molar-refractivity contribution in [3.05, 3.63) is 69.2 Å². The lowest BCUT2D eigenvalue weighted by molar-refractivity contribution is -0.384. The van der Waals surface area contributed by atoms with Crippen molar-refractivity contribution in [3.8, 4) is 0 Å². The molecule has 28 heavy (non-hydrogen) atoms. The van der Waals surface area contributed by atoms with E-state index in [0.717, 1.165) is 37.8 Å². The van der Waals surface area contributed by atoms with Crippen LogP contribution in [-0.4, -0.2) is 32.0 Å². The lowest BCUT2D eigenvalue weighted by atomic mass is 10.1. The number of nitro benzene ring substituents is 1. The molecule has 2 aromatic carbocycles. The molecular formula is C19H22ClN3O4S. The number of rotatable bonds is 8. The van der Waals surface area contributed by atoms with Gasteiger partial charge in [-0.3, -0.25) is 10.1 Å². The van der Waals surface area contributed by atoms with Gasteiger partial charge in [-0.05, 0) is 55.6 Å². The largest absolute Gasteiger partial charge is 0.312 e. The Morgan fingerprint density at radius 3 is 2.32 bits per heavy atom. The van der Waals surface area contributed by atoms with E-state index in [0.29, 0.717) is 5.02 Å². The maximum absolute atomic E-state index is 12.6. The predicted molar refractivity (Wildman–Crippen MR) is 108 cm³/mol. The van der Waals surface area contributed by atoms with Crippen LogP contribution >= 0.6 is 11.6 Å². The summed E-state index contributed by atoms with van der Waals surface area (Å²) >= 11 is 5.89. The molecule has 0 radical (unpaired) electrons. The Balaban J connectivity index is 1.57. The summed E-state index contributed by atoms with van der Waals surface area (Å²) in [6.45, 7) is 0.738. The molecule has 1 saturated carbocycles. The van der Waals surface area contributed by atoms with Gasteiger partial charge in [0.1, 0.15) is 0 Å². The summed E-state index contributed by atoms with van der Waals surface area (Å²) in [5.41, 5.74) is 1.03. The Morgan fingerprint density at radius 1 is 1.04 bits per heavy atom. The third kappa shape index (κ3) is 5.29. The van der Waals surface area contributed by atoms with Crippen molar-refractivity contribution in [2.45, 2.75) is 42.7 Å². The summed E-state index contributed by atoms with van der Waals surface area (Å²) in [6, 6.07) is 12.4. The van der Waals surface area contributed by atoms with Crippen LogP contribution in [0.2, 0.25) is 5.02 Å². The topological polar surface area (TPSA) is 101 Å². The van der Waals surface area contributed by atoms with Gasteiger partial charge < -0.3 is 5.32 Å². The molecule has 0 aliphatic heterocycles. The number of hydrogen-bond acceptors (Lipinski definition) is 5. The lowest BCUT2D eigenvalue weighted by Crippen LogP contribution is -2.47. The fourth-order valence-electron chi connectivity index (χ4n) is 3.41. The van der Waals surface area contributed by atoms with Crippen molar-refractivity contribution in [2.24, 2.45) is 0 Å². The number of nitrogens with one attached hydrogen (secondary N) is 2. The zero-order chi connectivity index (χ0) is 20.1. The molecule has 0 amide bonds. The first-order valence-corrected chi connectivity index (χ1v) is 11.0. The minimum atomic E-state index is -3.73. The first kappa shape index (κ1) is 20.7. The van der Waals surface area contributed by atoms with E-state index in [9.17, 15) is 18.5 Å². The van der Waals surface area contributed by atoms with Crippen molar-refractivity contribution in [1.82, 2.24) is 10.0 Å². The number of sulfonamides is 1. The van der Waals surface area contributed by atoms with Crippen LogP contribution in [0, 0.1) is 10.1 Å². The highest BCUT2D eigenvalue weighted by Crippen LogP contribution is 2.22. The molecule has 0 heterocycles. The second kappa shape index (κ2) is 9.00. The second-order valence-electron chi connectivity index (χ2n) is 6.85. The molecule has 9 heteroatoms. The Hall–Kier alpha value is -2.00. The van der Waals surface area contributed by atoms with Crippen LogP contribution in [0.15, 0.2) is 53.4 Å². The Bertz CT molecular complexity index is 917. The highest BCUT2D eigenvalue weighted by molar-refractivity contribution is 7.89. The summed E-state index contributed by atoms with van der Waals surface area (Å²) in [6.07, 6.45) is 3.42. The van der Waals surface area contributed by atoms with E-state index in [1.807, 2.05) is 24.3 Å². The van der Waals surface area contributed by atoms with Gasteiger partial charge in [-0.1, -0.05) is 30.2 Å². The molecule has 3 rings (SSSR count). The molecule has 0 unspecified atom stereocenters. The minimum absolute atomic E-state index is 0.0323. The van der Waals surface area contributed by atoms with Gasteiger partial charge in [-0.15, -0.1) is 0 Å². The molecule has 0 saturated heterocycles. The highest BCUT2D eigenvalue weighted by Gasteiger charge is 2.31. The molecule has 1 fully saturated rings. The SMILES string of the molecule is O=[N+]([O-])c1ccc(S(=O)(=O)N[C@@H]2CCC[C@H]2NCCc2ccc(Cl)cc2)cc1.